The normalized spacial score (nSPS) is 23.2. The van der Waals surface area contributed by atoms with Gasteiger partial charge in [-0.2, -0.15) is 4.31 Å². The average molecular weight is 368 g/mol. The molecule has 1 aliphatic carbocycles. The second-order valence-electron chi connectivity index (χ2n) is 7.44. The predicted octanol–water partition coefficient (Wildman–Crippen LogP) is 3.37. The molecule has 3 rings (SSSR count). The van der Waals surface area contributed by atoms with Gasteiger partial charge in [-0.1, -0.05) is 12.5 Å². The van der Waals surface area contributed by atoms with Crippen molar-refractivity contribution in [3.63, 3.8) is 0 Å². The number of aryl methyl sites for hydroxylation is 1. The van der Waals surface area contributed by atoms with Gasteiger partial charge in [0, 0.05) is 12.6 Å². The molecule has 1 aliphatic heterocycles. The number of rotatable bonds is 7. The third kappa shape index (κ3) is 3.65. The SMILES string of the molecule is COc1ccc(CCC2CCCCN2S(=O)(=O)C2(C)CC2)cc1OC. The first-order valence-corrected chi connectivity index (χ1v) is 10.6. The summed E-state index contributed by atoms with van der Waals surface area (Å²) in [7, 11) is 0.0813. The van der Waals surface area contributed by atoms with Gasteiger partial charge < -0.3 is 9.47 Å². The number of piperidine rings is 1. The van der Waals surface area contributed by atoms with E-state index in [1.54, 1.807) is 14.2 Å². The minimum absolute atomic E-state index is 0.115. The molecule has 1 atom stereocenters. The molecule has 0 amide bonds. The topological polar surface area (TPSA) is 55.8 Å². The van der Waals surface area contributed by atoms with Crippen molar-refractivity contribution >= 4 is 10.0 Å². The van der Waals surface area contributed by atoms with Gasteiger partial charge in [-0.15, -0.1) is 0 Å². The summed E-state index contributed by atoms with van der Waals surface area (Å²) in [5, 5.41) is 0. The molecule has 1 heterocycles. The average Bonchev–Trinajstić information content (AvgIpc) is 3.39. The molecule has 0 spiro atoms. The molecule has 1 saturated carbocycles. The van der Waals surface area contributed by atoms with Crippen molar-refractivity contribution in [1.29, 1.82) is 0 Å². The molecular weight excluding hydrogens is 338 g/mol. The monoisotopic (exact) mass is 367 g/mol. The number of nitrogens with zero attached hydrogens (tertiary/aromatic N) is 1. The van der Waals surface area contributed by atoms with Gasteiger partial charge in [0.2, 0.25) is 10.0 Å². The van der Waals surface area contributed by atoms with Crippen molar-refractivity contribution in [1.82, 2.24) is 4.31 Å². The van der Waals surface area contributed by atoms with Crippen molar-refractivity contribution in [3.8, 4) is 11.5 Å². The molecule has 1 saturated heterocycles. The molecule has 2 aliphatic rings. The van der Waals surface area contributed by atoms with Crippen LogP contribution in [0.4, 0.5) is 0 Å². The highest BCUT2D eigenvalue weighted by Crippen LogP contribution is 2.46. The van der Waals surface area contributed by atoms with Gasteiger partial charge in [0.15, 0.2) is 11.5 Å². The summed E-state index contributed by atoms with van der Waals surface area (Å²) in [6.45, 7) is 2.57. The maximum absolute atomic E-state index is 13.0. The molecule has 0 bridgehead atoms. The molecule has 140 valence electrons. The van der Waals surface area contributed by atoms with Crippen LogP contribution >= 0.6 is 0 Å². The van der Waals surface area contributed by atoms with E-state index in [1.807, 2.05) is 29.4 Å². The lowest BCUT2D eigenvalue weighted by Crippen LogP contribution is -2.48. The van der Waals surface area contributed by atoms with E-state index in [-0.39, 0.29) is 6.04 Å². The third-order valence-corrected chi connectivity index (χ3v) is 8.42. The van der Waals surface area contributed by atoms with Crippen LogP contribution in [-0.2, 0) is 16.4 Å². The zero-order valence-electron chi connectivity index (χ0n) is 15.5. The Bertz CT molecular complexity index is 712. The number of sulfonamides is 1. The molecule has 5 nitrogen and oxygen atoms in total. The summed E-state index contributed by atoms with van der Waals surface area (Å²) < 4.78 is 37.9. The molecule has 1 aromatic carbocycles. The maximum atomic E-state index is 13.0. The smallest absolute Gasteiger partial charge is 0.219 e. The maximum Gasteiger partial charge on any atom is 0.219 e. The Labute approximate surface area is 151 Å². The Kier molecular flexibility index (Phi) is 5.30. The van der Waals surface area contributed by atoms with Crippen LogP contribution in [0.5, 0.6) is 11.5 Å². The van der Waals surface area contributed by atoms with Crippen LogP contribution in [0.25, 0.3) is 0 Å². The molecular formula is C19H29NO4S. The molecule has 0 N–H and O–H groups in total. The quantitative estimate of drug-likeness (QED) is 0.741. The number of methoxy groups -OCH3 is 2. The van der Waals surface area contributed by atoms with Gasteiger partial charge >= 0.3 is 0 Å². The highest BCUT2D eigenvalue weighted by molar-refractivity contribution is 7.90. The first-order chi connectivity index (χ1) is 11.9. The van der Waals surface area contributed by atoms with Crippen LogP contribution in [0, 0.1) is 0 Å². The van der Waals surface area contributed by atoms with Gasteiger partial charge in [0.1, 0.15) is 0 Å². The van der Waals surface area contributed by atoms with Crippen LogP contribution in [0.1, 0.15) is 51.0 Å². The Hall–Kier alpha value is -1.27. The largest absolute Gasteiger partial charge is 0.493 e. The highest BCUT2D eigenvalue weighted by Gasteiger charge is 2.54. The van der Waals surface area contributed by atoms with Gasteiger partial charge in [-0.05, 0) is 63.1 Å². The van der Waals surface area contributed by atoms with Crippen LogP contribution < -0.4 is 9.47 Å². The minimum atomic E-state index is -3.18. The standard InChI is InChI=1S/C19H29NO4S/c1-19(11-12-19)25(21,22)20-13-5-4-6-16(20)9-7-15-8-10-17(23-2)18(14-15)24-3/h8,10,14,16H,4-7,9,11-13H2,1-3H3. The zero-order chi connectivity index (χ0) is 18.1. The van der Waals surface area contributed by atoms with Crippen LogP contribution in [0.15, 0.2) is 18.2 Å². The van der Waals surface area contributed by atoms with E-state index < -0.39 is 14.8 Å². The van der Waals surface area contributed by atoms with Crippen LogP contribution in [-0.4, -0.2) is 44.3 Å². The molecule has 1 unspecified atom stereocenters. The number of hydrogen-bond donors (Lipinski definition) is 0. The van der Waals surface area contributed by atoms with Crippen molar-refractivity contribution in [2.45, 2.75) is 62.7 Å². The summed E-state index contributed by atoms with van der Waals surface area (Å²) in [5.41, 5.74) is 1.15. The zero-order valence-corrected chi connectivity index (χ0v) is 16.3. The van der Waals surface area contributed by atoms with Crippen molar-refractivity contribution in [2.75, 3.05) is 20.8 Å². The summed E-state index contributed by atoms with van der Waals surface area (Å²) in [5.74, 6) is 1.44. The summed E-state index contributed by atoms with van der Waals surface area (Å²) in [4.78, 5) is 0. The third-order valence-electron chi connectivity index (χ3n) is 5.67. The van der Waals surface area contributed by atoms with Gasteiger partial charge in [0.05, 0.1) is 19.0 Å². The van der Waals surface area contributed by atoms with E-state index in [2.05, 4.69) is 0 Å². The minimum Gasteiger partial charge on any atom is -0.493 e. The van der Waals surface area contributed by atoms with E-state index in [0.29, 0.717) is 6.54 Å². The first-order valence-electron chi connectivity index (χ1n) is 9.13. The van der Waals surface area contributed by atoms with Gasteiger partial charge in [-0.25, -0.2) is 8.42 Å². The second kappa shape index (κ2) is 7.16. The Morgan fingerprint density at radius 1 is 1.16 bits per heavy atom. The molecule has 0 aromatic heterocycles. The Balaban J connectivity index is 1.70. The summed E-state index contributed by atoms with van der Waals surface area (Å²) in [6.07, 6.45) is 6.34. The fourth-order valence-electron chi connectivity index (χ4n) is 3.67. The molecule has 2 fully saturated rings. The highest BCUT2D eigenvalue weighted by atomic mass is 32.2. The van der Waals surface area contributed by atoms with Crippen LogP contribution in [0.2, 0.25) is 0 Å². The number of benzene rings is 1. The predicted molar refractivity (Wildman–Crippen MR) is 98.8 cm³/mol. The molecule has 6 heteroatoms. The van der Waals surface area contributed by atoms with Crippen molar-refractivity contribution < 1.29 is 17.9 Å². The Morgan fingerprint density at radius 3 is 2.52 bits per heavy atom. The van der Waals surface area contributed by atoms with E-state index in [0.717, 1.165) is 62.0 Å². The lowest BCUT2D eigenvalue weighted by molar-refractivity contribution is 0.238. The number of ether oxygens (including phenoxy) is 2. The van der Waals surface area contributed by atoms with Gasteiger partial charge in [0.25, 0.3) is 0 Å². The van der Waals surface area contributed by atoms with Crippen LogP contribution in [0.3, 0.4) is 0 Å². The van der Waals surface area contributed by atoms with E-state index in [4.69, 9.17) is 9.47 Å². The molecule has 0 radical (unpaired) electrons. The fourth-order valence-corrected chi connectivity index (χ4v) is 5.82. The van der Waals surface area contributed by atoms with Crippen molar-refractivity contribution in [2.24, 2.45) is 0 Å². The summed E-state index contributed by atoms with van der Waals surface area (Å²) in [6, 6.07) is 6.05. The molecule has 1 aromatic rings. The van der Waals surface area contributed by atoms with E-state index in [1.165, 1.54) is 0 Å². The first kappa shape index (κ1) is 18.5. The van der Waals surface area contributed by atoms with Gasteiger partial charge in [-0.3, -0.25) is 0 Å². The van der Waals surface area contributed by atoms with E-state index in [9.17, 15) is 8.42 Å². The summed E-state index contributed by atoms with van der Waals surface area (Å²) >= 11 is 0. The lowest BCUT2D eigenvalue weighted by Gasteiger charge is -2.36. The lowest BCUT2D eigenvalue weighted by atomic mass is 9.98. The van der Waals surface area contributed by atoms with E-state index >= 15 is 0 Å². The Morgan fingerprint density at radius 2 is 1.88 bits per heavy atom. The van der Waals surface area contributed by atoms with Crippen molar-refractivity contribution in [3.05, 3.63) is 23.8 Å². The number of hydrogen-bond acceptors (Lipinski definition) is 4. The fraction of sp³-hybridized carbons (Fsp3) is 0.684. The molecule has 25 heavy (non-hydrogen) atoms. The second-order valence-corrected chi connectivity index (χ2v) is 9.85.